The van der Waals surface area contributed by atoms with E-state index in [2.05, 4.69) is 11.8 Å². The Labute approximate surface area is 108 Å². The molecule has 0 aliphatic carbocycles. The maximum absolute atomic E-state index is 10.7. The summed E-state index contributed by atoms with van der Waals surface area (Å²) in [6, 6.07) is 1.63. The first kappa shape index (κ1) is 13.1. The number of hydrogen-bond donors (Lipinski definition) is 1. The van der Waals surface area contributed by atoms with Gasteiger partial charge in [-0.2, -0.15) is 0 Å². The van der Waals surface area contributed by atoms with Gasteiger partial charge in [-0.15, -0.1) is 0 Å². The lowest BCUT2D eigenvalue weighted by Gasteiger charge is -2.31. The number of furan rings is 1. The molecule has 2 heterocycles. The third-order valence-electron chi connectivity index (χ3n) is 3.68. The van der Waals surface area contributed by atoms with Crippen molar-refractivity contribution in [3.8, 4) is 0 Å². The maximum atomic E-state index is 10.7. The van der Waals surface area contributed by atoms with Gasteiger partial charge in [0.25, 0.3) is 0 Å². The van der Waals surface area contributed by atoms with E-state index in [0.717, 1.165) is 31.3 Å². The summed E-state index contributed by atoms with van der Waals surface area (Å²) in [6.45, 7) is 5.15. The van der Waals surface area contributed by atoms with Gasteiger partial charge >= 0.3 is 5.97 Å². The van der Waals surface area contributed by atoms with E-state index >= 15 is 0 Å². The molecule has 1 fully saturated rings. The van der Waals surface area contributed by atoms with Gasteiger partial charge in [0.1, 0.15) is 12.0 Å². The summed E-state index contributed by atoms with van der Waals surface area (Å²) in [5.41, 5.74) is 0.242. The lowest BCUT2D eigenvalue weighted by molar-refractivity contribution is 0.0696. The fourth-order valence-electron chi connectivity index (χ4n) is 2.64. The monoisotopic (exact) mass is 251 g/mol. The first-order valence-electron chi connectivity index (χ1n) is 6.72. The summed E-state index contributed by atoms with van der Waals surface area (Å²) in [6.07, 6.45) is 6.42. The van der Waals surface area contributed by atoms with E-state index in [9.17, 15) is 4.79 Å². The Kier molecular flexibility index (Phi) is 4.42. The topological polar surface area (TPSA) is 53.7 Å². The van der Waals surface area contributed by atoms with E-state index < -0.39 is 5.97 Å². The highest BCUT2D eigenvalue weighted by atomic mass is 16.4. The van der Waals surface area contributed by atoms with Crippen LogP contribution in [-0.2, 0) is 6.54 Å². The molecule has 1 aliphatic heterocycles. The molecule has 0 saturated carbocycles. The molecule has 1 aliphatic rings. The molecule has 0 amide bonds. The van der Waals surface area contributed by atoms with Crippen LogP contribution in [0.2, 0.25) is 0 Å². The van der Waals surface area contributed by atoms with Crippen LogP contribution in [0.25, 0.3) is 0 Å². The average Bonchev–Trinajstić information content (AvgIpc) is 2.81. The molecular formula is C14H21NO3. The normalized spacial score (nSPS) is 18.1. The molecule has 2 rings (SSSR count). The van der Waals surface area contributed by atoms with Gasteiger partial charge < -0.3 is 9.52 Å². The van der Waals surface area contributed by atoms with Gasteiger partial charge in [-0.3, -0.25) is 4.90 Å². The average molecular weight is 251 g/mol. The van der Waals surface area contributed by atoms with Crippen LogP contribution in [0.1, 0.15) is 48.7 Å². The highest BCUT2D eigenvalue weighted by Gasteiger charge is 2.19. The highest BCUT2D eigenvalue weighted by Crippen LogP contribution is 2.23. The molecule has 1 saturated heterocycles. The van der Waals surface area contributed by atoms with Crippen molar-refractivity contribution in [2.75, 3.05) is 13.1 Å². The van der Waals surface area contributed by atoms with Crippen molar-refractivity contribution < 1.29 is 14.3 Å². The largest absolute Gasteiger partial charge is 0.478 e. The van der Waals surface area contributed by atoms with E-state index in [1.165, 1.54) is 31.9 Å². The number of carboxylic acid groups (broad SMARTS) is 1. The molecule has 18 heavy (non-hydrogen) atoms. The molecule has 1 aromatic rings. The van der Waals surface area contributed by atoms with Crippen LogP contribution in [0.4, 0.5) is 0 Å². The fourth-order valence-corrected chi connectivity index (χ4v) is 2.64. The van der Waals surface area contributed by atoms with Crippen LogP contribution >= 0.6 is 0 Å². The van der Waals surface area contributed by atoms with Gasteiger partial charge in [-0.05, 0) is 37.9 Å². The van der Waals surface area contributed by atoms with Crippen LogP contribution < -0.4 is 0 Å². The van der Waals surface area contributed by atoms with Crippen LogP contribution in [0.5, 0.6) is 0 Å². The Balaban J connectivity index is 1.82. The van der Waals surface area contributed by atoms with Crippen LogP contribution in [0, 0.1) is 5.92 Å². The van der Waals surface area contributed by atoms with Crippen molar-refractivity contribution in [2.45, 2.75) is 39.2 Å². The third-order valence-corrected chi connectivity index (χ3v) is 3.68. The molecule has 1 aromatic heterocycles. The molecule has 0 bridgehead atoms. The van der Waals surface area contributed by atoms with Crippen LogP contribution in [0.3, 0.4) is 0 Å². The van der Waals surface area contributed by atoms with Crippen molar-refractivity contribution in [2.24, 2.45) is 5.92 Å². The molecule has 0 atom stereocenters. The number of carbonyl (C=O) groups is 1. The first-order chi connectivity index (χ1) is 8.69. The molecule has 0 radical (unpaired) electrons. The molecule has 4 heteroatoms. The van der Waals surface area contributed by atoms with Gasteiger partial charge in [-0.1, -0.05) is 19.8 Å². The second-order valence-electron chi connectivity index (χ2n) is 5.12. The SMILES string of the molecule is CCCC1CCN(Cc2cc(C(=O)O)co2)CC1. The number of rotatable bonds is 5. The van der Waals surface area contributed by atoms with Crippen molar-refractivity contribution >= 4 is 5.97 Å². The fraction of sp³-hybridized carbons (Fsp3) is 0.643. The Bertz CT molecular complexity index is 391. The van der Waals surface area contributed by atoms with E-state index in [-0.39, 0.29) is 5.56 Å². The van der Waals surface area contributed by atoms with Gasteiger partial charge in [-0.25, -0.2) is 4.79 Å². The summed E-state index contributed by atoms with van der Waals surface area (Å²) in [5.74, 6) is 0.699. The molecule has 4 nitrogen and oxygen atoms in total. The van der Waals surface area contributed by atoms with Gasteiger partial charge in [0.2, 0.25) is 0 Å². The third kappa shape index (κ3) is 3.35. The molecule has 100 valence electrons. The predicted molar refractivity (Wildman–Crippen MR) is 68.6 cm³/mol. The van der Waals surface area contributed by atoms with Crippen molar-refractivity contribution in [1.29, 1.82) is 0 Å². The zero-order valence-electron chi connectivity index (χ0n) is 10.9. The number of carboxylic acids is 1. The lowest BCUT2D eigenvalue weighted by atomic mass is 9.92. The Morgan fingerprint density at radius 1 is 1.50 bits per heavy atom. The predicted octanol–water partition coefficient (Wildman–Crippen LogP) is 2.99. The summed E-state index contributed by atoms with van der Waals surface area (Å²) >= 11 is 0. The van der Waals surface area contributed by atoms with E-state index in [1.54, 1.807) is 6.07 Å². The molecule has 0 aromatic carbocycles. The van der Waals surface area contributed by atoms with Crippen molar-refractivity contribution in [3.63, 3.8) is 0 Å². The molecule has 1 N–H and O–H groups in total. The molecule has 0 spiro atoms. The van der Waals surface area contributed by atoms with Crippen molar-refractivity contribution in [1.82, 2.24) is 4.90 Å². The van der Waals surface area contributed by atoms with Crippen LogP contribution in [-0.4, -0.2) is 29.1 Å². The molecule has 0 unspecified atom stereocenters. The summed E-state index contributed by atoms with van der Waals surface area (Å²) < 4.78 is 5.28. The van der Waals surface area contributed by atoms with Gasteiger partial charge in [0, 0.05) is 0 Å². The standard InChI is InChI=1S/C14H21NO3/c1-2-3-11-4-6-15(7-5-11)9-13-8-12(10-18-13)14(16)17/h8,10-11H,2-7,9H2,1H3,(H,16,17). The number of nitrogens with zero attached hydrogens (tertiary/aromatic N) is 1. The summed E-state index contributed by atoms with van der Waals surface area (Å²) in [7, 11) is 0. The number of piperidine rings is 1. The smallest absolute Gasteiger partial charge is 0.338 e. The summed E-state index contributed by atoms with van der Waals surface area (Å²) in [5, 5.41) is 8.82. The lowest BCUT2D eigenvalue weighted by Crippen LogP contribution is -2.33. The maximum Gasteiger partial charge on any atom is 0.338 e. The van der Waals surface area contributed by atoms with Gasteiger partial charge in [0.15, 0.2) is 0 Å². The van der Waals surface area contributed by atoms with Crippen molar-refractivity contribution in [3.05, 3.63) is 23.7 Å². The minimum atomic E-state index is -0.924. The van der Waals surface area contributed by atoms with E-state index in [1.807, 2.05) is 0 Å². The number of hydrogen-bond acceptors (Lipinski definition) is 3. The Morgan fingerprint density at radius 2 is 2.22 bits per heavy atom. The highest BCUT2D eigenvalue weighted by molar-refractivity contribution is 5.87. The van der Waals surface area contributed by atoms with Crippen LogP contribution in [0.15, 0.2) is 16.7 Å². The van der Waals surface area contributed by atoms with E-state index in [0.29, 0.717) is 0 Å². The summed E-state index contributed by atoms with van der Waals surface area (Å²) in [4.78, 5) is 13.1. The molecular weight excluding hydrogens is 230 g/mol. The number of aromatic carboxylic acids is 1. The zero-order valence-corrected chi connectivity index (χ0v) is 10.9. The zero-order chi connectivity index (χ0) is 13.0. The minimum Gasteiger partial charge on any atom is -0.478 e. The quantitative estimate of drug-likeness (QED) is 0.874. The number of likely N-dealkylation sites (tertiary alicyclic amines) is 1. The second-order valence-corrected chi connectivity index (χ2v) is 5.12. The minimum absolute atomic E-state index is 0.242. The Morgan fingerprint density at radius 3 is 2.78 bits per heavy atom. The Hall–Kier alpha value is -1.29. The van der Waals surface area contributed by atoms with Gasteiger partial charge in [0.05, 0.1) is 12.1 Å². The first-order valence-corrected chi connectivity index (χ1v) is 6.72. The second kappa shape index (κ2) is 6.05. The van der Waals surface area contributed by atoms with E-state index in [4.69, 9.17) is 9.52 Å².